The van der Waals surface area contributed by atoms with Gasteiger partial charge in [-0.05, 0) is 57.5 Å². The van der Waals surface area contributed by atoms with Gasteiger partial charge in [-0.15, -0.1) is 0 Å². The Bertz CT molecular complexity index is 1060. The predicted molar refractivity (Wildman–Crippen MR) is 107 cm³/mol. The summed E-state index contributed by atoms with van der Waals surface area (Å²) in [5.41, 5.74) is 3.54. The molecule has 0 saturated carbocycles. The topological polar surface area (TPSA) is 60.7 Å². The van der Waals surface area contributed by atoms with Crippen LogP contribution in [0.4, 0.5) is 0 Å². The lowest BCUT2D eigenvalue weighted by Gasteiger charge is -2.13. The molecule has 3 rings (SSSR count). The van der Waals surface area contributed by atoms with Crippen molar-refractivity contribution < 1.29 is 14.3 Å². The fourth-order valence-corrected chi connectivity index (χ4v) is 3.90. The number of thiazole rings is 1. The lowest BCUT2D eigenvalue weighted by molar-refractivity contribution is -0.146. The van der Waals surface area contributed by atoms with Crippen LogP contribution < -0.4 is 4.80 Å². The number of hydrogen-bond donors (Lipinski definition) is 0. The van der Waals surface area contributed by atoms with E-state index in [1.54, 1.807) is 30.5 Å². The minimum absolute atomic E-state index is 0.305. The highest BCUT2D eigenvalue weighted by Gasteiger charge is 2.21. The van der Waals surface area contributed by atoms with Crippen molar-refractivity contribution in [3.8, 4) is 0 Å². The molecule has 0 aliphatic carbocycles. The third kappa shape index (κ3) is 4.01. The molecule has 0 N–H and O–H groups in total. The smallest absolute Gasteiger partial charge is 0.328 e. The van der Waals surface area contributed by atoms with E-state index in [0.29, 0.717) is 17.0 Å². The highest BCUT2D eigenvalue weighted by Crippen LogP contribution is 2.23. The second kappa shape index (κ2) is 7.88. The SMILES string of the molecule is CCOC(=O)C(C)n1c(=NC(=O)c2ccc(C)cc2)sc2ccc(C)cc21. The van der Waals surface area contributed by atoms with Crippen LogP contribution in [0.1, 0.15) is 41.4 Å². The van der Waals surface area contributed by atoms with Gasteiger partial charge in [0, 0.05) is 5.56 Å². The zero-order valence-electron chi connectivity index (χ0n) is 15.9. The van der Waals surface area contributed by atoms with Gasteiger partial charge in [-0.25, -0.2) is 4.79 Å². The molecule has 6 heteroatoms. The Labute approximate surface area is 161 Å². The number of nitrogens with zero attached hydrogens (tertiary/aromatic N) is 2. The van der Waals surface area contributed by atoms with Gasteiger partial charge in [0.2, 0.25) is 0 Å². The van der Waals surface area contributed by atoms with Gasteiger partial charge in [-0.2, -0.15) is 4.99 Å². The van der Waals surface area contributed by atoms with E-state index in [2.05, 4.69) is 4.99 Å². The van der Waals surface area contributed by atoms with Crippen molar-refractivity contribution in [2.45, 2.75) is 33.7 Å². The van der Waals surface area contributed by atoms with Crippen LogP contribution in [-0.2, 0) is 9.53 Å². The van der Waals surface area contributed by atoms with E-state index in [-0.39, 0.29) is 11.9 Å². The van der Waals surface area contributed by atoms with Crippen molar-refractivity contribution in [2.24, 2.45) is 4.99 Å². The van der Waals surface area contributed by atoms with Crippen LogP contribution in [0.15, 0.2) is 47.5 Å². The molecule has 2 aromatic carbocycles. The Balaban J connectivity index is 2.16. The van der Waals surface area contributed by atoms with Crippen molar-refractivity contribution in [1.29, 1.82) is 0 Å². The molecule has 1 atom stereocenters. The van der Waals surface area contributed by atoms with Gasteiger partial charge in [-0.3, -0.25) is 4.79 Å². The summed E-state index contributed by atoms with van der Waals surface area (Å²) in [5, 5.41) is 0. The number of fused-ring (bicyclic) bond motifs is 1. The van der Waals surface area contributed by atoms with Crippen molar-refractivity contribution in [3.63, 3.8) is 0 Å². The Morgan fingerprint density at radius 1 is 1.11 bits per heavy atom. The highest BCUT2D eigenvalue weighted by molar-refractivity contribution is 7.16. The lowest BCUT2D eigenvalue weighted by Crippen LogP contribution is -2.27. The first-order valence-electron chi connectivity index (χ1n) is 8.84. The maximum Gasteiger partial charge on any atom is 0.328 e. The van der Waals surface area contributed by atoms with Crippen LogP contribution >= 0.6 is 11.3 Å². The third-order valence-electron chi connectivity index (χ3n) is 4.29. The fourth-order valence-electron chi connectivity index (χ4n) is 2.82. The van der Waals surface area contributed by atoms with E-state index in [4.69, 9.17) is 4.74 Å². The summed E-state index contributed by atoms with van der Waals surface area (Å²) >= 11 is 1.39. The van der Waals surface area contributed by atoms with Crippen LogP contribution in [0.25, 0.3) is 10.2 Å². The van der Waals surface area contributed by atoms with Crippen LogP contribution in [0.3, 0.4) is 0 Å². The summed E-state index contributed by atoms with van der Waals surface area (Å²) in [4.78, 5) is 29.8. The van der Waals surface area contributed by atoms with Crippen LogP contribution in [0.5, 0.6) is 0 Å². The molecular formula is C21H22N2O3S. The van der Waals surface area contributed by atoms with E-state index in [1.165, 1.54) is 11.3 Å². The number of aryl methyl sites for hydroxylation is 2. The largest absolute Gasteiger partial charge is 0.464 e. The monoisotopic (exact) mass is 382 g/mol. The number of aromatic nitrogens is 1. The molecule has 1 amide bonds. The van der Waals surface area contributed by atoms with Gasteiger partial charge >= 0.3 is 5.97 Å². The number of esters is 1. The maximum absolute atomic E-state index is 12.7. The van der Waals surface area contributed by atoms with Gasteiger partial charge < -0.3 is 9.30 Å². The summed E-state index contributed by atoms with van der Waals surface area (Å²) in [6.07, 6.45) is 0. The minimum Gasteiger partial charge on any atom is -0.464 e. The van der Waals surface area contributed by atoms with E-state index < -0.39 is 6.04 Å². The molecule has 0 fully saturated rings. The van der Waals surface area contributed by atoms with E-state index in [9.17, 15) is 9.59 Å². The molecule has 1 unspecified atom stereocenters. The van der Waals surface area contributed by atoms with Crippen LogP contribution in [-0.4, -0.2) is 23.1 Å². The Morgan fingerprint density at radius 2 is 1.78 bits per heavy atom. The molecule has 1 heterocycles. The highest BCUT2D eigenvalue weighted by atomic mass is 32.1. The fraction of sp³-hybridized carbons (Fsp3) is 0.286. The van der Waals surface area contributed by atoms with E-state index in [0.717, 1.165) is 21.3 Å². The maximum atomic E-state index is 12.7. The average Bonchev–Trinajstić information content (AvgIpc) is 2.98. The molecule has 0 radical (unpaired) electrons. The number of benzene rings is 2. The molecule has 0 bridgehead atoms. The average molecular weight is 382 g/mol. The lowest BCUT2D eigenvalue weighted by atomic mass is 10.1. The predicted octanol–water partition coefficient (Wildman–Crippen LogP) is 4.18. The standard InChI is InChI=1S/C21H22N2O3S/c1-5-26-20(25)15(4)23-17-12-14(3)8-11-18(17)27-21(23)22-19(24)16-9-6-13(2)7-10-16/h6-12,15H,5H2,1-4H3. The van der Waals surface area contributed by atoms with Gasteiger partial charge in [0.05, 0.1) is 16.8 Å². The number of rotatable bonds is 4. The first-order chi connectivity index (χ1) is 12.9. The van der Waals surface area contributed by atoms with Crippen molar-refractivity contribution >= 4 is 33.4 Å². The van der Waals surface area contributed by atoms with Crippen LogP contribution in [0, 0.1) is 13.8 Å². The molecule has 5 nitrogen and oxygen atoms in total. The van der Waals surface area contributed by atoms with Gasteiger partial charge in [0.25, 0.3) is 5.91 Å². The molecule has 3 aromatic rings. The first-order valence-corrected chi connectivity index (χ1v) is 9.66. The van der Waals surface area contributed by atoms with Crippen LogP contribution in [0.2, 0.25) is 0 Å². The van der Waals surface area contributed by atoms with Crippen molar-refractivity contribution in [2.75, 3.05) is 6.61 Å². The van der Waals surface area contributed by atoms with Gasteiger partial charge in [0.1, 0.15) is 6.04 Å². The first kappa shape index (κ1) is 19.0. The summed E-state index contributed by atoms with van der Waals surface area (Å²) in [6, 6.07) is 12.7. The molecule has 0 aliphatic heterocycles. The second-order valence-corrected chi connectivity index (χ2v) is 7.45. The number of ether oxygens (including phenoxy) is 1. The van der Waals surface area contributed by atoms with E-state index >= 15 is 0 Å². The number of carbonyl (C=O) groups is 2. The molecule has 0 aliphatic rings. The molecular weight excluding hydrogens is 360 g/mol. The normalized spacial score (nSPS) is 13.0. The quantitative estimate of drug-likeness (QED) is 0.636. The molecule has 27 heavy (non-hydrogen) atoms. The Morgan fingerprint density at radius 3 is 2.44 bits per heavy atom. The van der Waals surface area contributed by atoms with Crippen molar-refractivity contribution in [3.05, 3.63) is 64.0 Å². The van der Waals surface area contributed by atoms with E-state index in [1.807, 2.05) is 44.2 Å². The minimum atomic E-state index is -0.579. The Kier molecular flexibility index (Phi) is 5.56. The molecule has 1 aromatic heterocycles. The summed E-state index contributed by atoms with van der Waals surface area (Å²) in [7, 11) is 0. The second-order valence-electron chi connectivity index (χ2n) is 6.44. The zero-order chi connectivity index (χ0) is 19.6. The molecule has 0 saturated heterocycles. The summed E-state index contributed by atoms with van der Waals surface area (Å²) in [6.45, 7) is 7.80. The number of hydrogen-bond acceptors (Lipinski definition) is 4. The summed E-state index contributed by atoms with van der Waals surface area (Å²) in [5.74, 6) is -0.675. The zero-order valence-corrected chi connectivity index (χ0v) is 16.7. The Hall–Kier alpha value is -2.73. The molecule has 0 spiro atoms. The number of amides is 1. The van der Waals surface area contributed by atoms with Gasteiger partial charge in [-0.1, -0.05) is 35.1 Å². The van der Waals surface area contributed by atoms with Crippen molar-refractivity contribution in [1.82, 2.24) is 4.57 Å². The van der Waals surface area contributed by atoms with Gasteiger partial charge in [0.15, 0.2) is 4.80 Å². The third-order valence-corrected chi connectivity index (χ3v) is 5.33. The molecule has 140 valence electrons. The summed E-state index contributed by atoms with van der Waals surface area (Å²) < 4.78 is 7.94. The number of carbonyl (C=O) groups excluding carboxylic acids is 2.